The van der Waals surface area contributed by atoms with Crippen LogP contribution in [0.3, 0.4) is 0 Å². The summed E-state index contributed by atoms with van der Waals surface area (Å²) < 4.78 is 24.0. The normalized spacial score (nSPS) is 12.2. The average molecular weight is 325 g/mol. The van der Waals surface area contributed by atoms with Crippen molar-refractivity contribution in [1.82, 2.24) is 4.83 Å². The standard InChI is InChI=1S/C14H13ClN2O3S/c1-10(13-9-11(15)7-8-14(13)18)16-17-21(19,20)12-5-3-2-4-6-12/h2-9,17-18H,1H3/b16-10+. The van der Waals surface area contributed by atoms with Crippen LogP contribution in [0.1, 0.15) is 12.5 Å². The van der Waals surface area contributed by atoms with Gasteiger partial charge in [-0.2, -0.15) is 18.4 Å². The first-order valence-electron chi connectivity index (χ1n) is 6.00. The molecule has 5 nitrogen and oxygen atoms in total. The van der Waals surface area contributed by atoms with Crippen molar-refractivity contribution in [1.29, 1.82) is 0 Å². The number of phenols is 1. The fraction of sp³-hybridized carbons (Fsp3) is 0.0714. The van der Waals surface area contributed by atoms with Gasteiger partial charge < -0.3 is 5.11 Å². The highest BCUT2D eigenvalue weighted by Crippen LogP contribution is 2.22. The third-order valence-electron chi connectivity index (χ3n) is 2.74. The summed E-state index contributed by atoms with van der Waals surface area (Å²) in [6.07, 6.45) is 0. The molecule has 0 aliphatic rings. The van der Waals surface area contributed by atoms with Crippen LogP contribution in [0.5, 0.6) is 5.75 Å². The molecule has 7 heteroatoms. The third-order valence-corrected chi connectivity index (χ3v) is 4.19. The molecule has 0 unspecified atom stereocenters. The molecule has 0 spiro atoms. The Bertz CT molecular complexity index is 774. The molecule has 2 aromatic rings. The molecule has 0 amide bonds. The number of hydrazone groups is 1. The van der Waals surface area contributed by atoms with Crippen molar-refractivity contribution in [3.8, 4) is 5.75 Å². The Balaban J connectivity index is 2.27. The van der Waals surface area contributed by atoms with Crippen LogP contribution in [-0.2, 0) is 10.0 Å². The minimum absolute atomic E-state index is 0.0282. The van der Waals surface area contributed by atoms with E-state index in [1.807, 2.05) is 0 Å². The highest BCUT2D eigenvalue weighted by molar-refractivity contribution is 7.89. The molecule has 2 N–H and O–H groups in total. The van der Waals surface area contributed by atoms with Gasteiger partial charge in [0.1, 0.15) is 5.75 Å². The minimum atomic E-state index is -3.74. The van der Waals surface area contributed by atoms with Gasteiger partial charge in [-0.1, -0.05) is 29.8 Å². The van der Waals surface area contributed by atoms with E-state index in [0.717, 1.165) is 0 Å². The van der Waals surface area contributed by atoms with Gasteiger partial charge in [0.25, 0.3) is 10.0 Å². The Morgan fingerprint density at radius 1 is 1.19 bits per heavy atom. The summed E-state index contributed by atoms with van der Waals surface area (Å²) in [5.41, 5.74) is 0.660. The van der Waals surface area contributed by atoms with Crippen molar-refractivity contribution < 1.29 is 13.5 Å². The van der Waals surface area contributed by atoms with E-state index in [2.05, 4.69) is 9.93 Å². The summed E-state index contributed by atoms with van der Waals surface area (Å²) in [5, 5.41) is 14.0. The molecule has 21 heavy (non-hydrogen) atoms. The second-order valence-corrected chi connectivity index (χ2v) is 6.36. The molecule has 0 atom stereocenters. The van der Waals surface area contributed by atoms with E-state index in [-0.39, 0.29) is 10.6 Å². The number of nitrogens with one attached hydrogen (secondary N) is 1. The first-order valence-corrected chi connectivity index (χ1v) is 7.86. The van der Waals surface area contributed by atoms with E-state index >= 15 is 0 Å². The number of hydrogen-bond acceptors (Lipinski definition) is 4. The van der Waals surface area contributed by atoms with E-state index in [1.54, 1.807) is 25.1 Å². The lowest BCUT2D eigenvalue weighted by atomic mass is 10.1. The first kappa shape index (κ1) is 15.3. The lowest BCUT2D eigenvalue weighted by Crippen LogP contribution is -2.19. The molecule has 0 aliphatic heterocycles. The van der Waals surface area contributed by atoms with Crippen LogP contribution in [0, 0.1) is 0 Å². The number of aromatic hydroxyl groups is 1. The smallest absolute Gasteiger partial charge is 0.276 e. The topological polar surface area (TPSA) is 78.8 Å². The molecule has 0 saturated carbocycles. The van der Waals surface area contributed by atoms with Crippen LogP contribution in [0.15, 0.2) is 58.5 Å². The Hall–Kier alpha value is -2.05. The molecule has 0 fully saturated rings. The highest BCUT2D eigenvalue weighted by Gasteiger charge is 2.13. The predicted octanol–water partition coefficient (Wildman–Crippen LogP) is 2.75. The molecule has 0 radical (unpaired) electrons. The number of nitrogens with zero attached hydrogens (tertiary/aromatic N) is 1. The Morgan fingerprint density at radius 2 is 1.86 bits per heavy atom. The van der Waals surface area contributed by atoms with Crippen molar-refractivity contribution in [2.45, 2.75) is 11.8 Å². The fourth-order valence-corrected chi connectivity index (χ4v) is 2.69. The highest BCUT2D eigenvalue weighted by atomic mass is 35.5. The molecule has 0 bridgehead atoms. The van der Waals surface area contributed by atoms with Crippen LogP contribution < -0.4 is 4.83 Å². The van der Waals surface area contributed by atoms with Crippen molar-refractivity contribution in [3.63, 3.8) is 0 Å². The molecule has 0 aromatic heterocycles. The maximum absolute atomic E-state index is 12.0. The van der Waals surface area contributed by atoms with Gasteiger partial charge in [0, 0.05) is 10.6 Å². The average Bonchev–Trinajstić information content (AvgIpc) is 2.48. The van der Waals surface area contributed by atoms with E-state index in [0.29, 0.717) is 16.3 Å². The predicted molar refractivity (Wildman–Crippen MR) is 82.1 cm³/mol. The molecular formula is C14H13ClN2O3S. The van der Waals surface area contributed by atoms with E-state index in [9.17, 15) is 13.5 Å². The summed E-state index contributed by atoms with van der Waals surface area (Å²) in [5.74, 6) is -0.0282. The second kappa shape index (κ2) is 6.15. The van der Waals surface area contributed by atoms with Gasteiger partial charge in [0.05, 0.1) is 10.6 Å². The molecule has 0 heterocycles. The largest absolute Gasteiger partial charge is 0.507 e. The lowest BCUT2D eigenvalue weighted by molar-refractivity contribution is 0.474. The van der Waals surface area contributed by atoms with Crippen molar-refractivity contribution in [2.75, 3.05) is 0 Å². The quantitative estimate of drug-likeness (QED) is 0.670. The fourth-order valence-electron chi connectivity index (χ4n) is 1.64. The summed E-state index contributed by atoms with van der Waals surface area (Å²) in [6, 6.07) is 12.3. The SMILES string of the molecule is C/C(=N\NS(=O)(=O)c1ccccc1)c1cc(Cl)ccc1O. The van der Waals surface area contributed by atoms with Crippen molar-refractivity contribution in [3.05, 3.63) is 59.1 Å². The van der Waals surface area contributed by atoms with Crippen LogP contribution in [-0.4, -0.2) is 19.2 Å². The number of halogens is 1. The minimum Gasteiger partial charge on any atom is -0.507 e. The van der Waals surface area contributed by atoms with Gasteiger partial charge in [-0.25, -0.2) is 0 Å². The van der Waals surface area contributed by atoms with E-state index in [4.69, 9.17) is 11.6 Å². The first-order chi connectivity index (χ1) is 9.90. The molecule has 110 valence electrons. The zero-order valence-corrected chi connectivity index (χ0v) is 12.7. The third kappa shape index (κ3) is 3.74. The van der Waals surface area contributed by atoms with Gasteiger partial charge in [-0.3, -0.25) is 0 Å². The van der Waals surface area contributed by atoms with Crippen LogP contribution >= 0.6 is 11.6 Å². The van der Waals surface area contributed by atoms with Gasteiger partial charge >= 0.3 is 0 Å². The Morgan fingerprint density at radius 3 is 2.52 bits per heavy atom. The Labute approximate surface area is 127 Å². The molecule has 0 aliphatic carbocycles. The van der Waals surface area contributed by atoms with Gasteiger partial charge in [0.2, 0.25) is 0 Å². The summed E-state index contributed by atoms with van der Waals surface area (Å²) in [7, 11) is -3.74. The number of rotatable bonds is 4. The van der Waals surface area contributed by atoms with Gasteiger partial charge in [0.15, 0.2) is 0 Å². The van der Waals surface area contributed by atoms with Gasteiger partial charge in [-0.05, 0) is 37.3 Å². The zero-order valence-electron chi connectivity index (χ0n) is 11.1. The van der Waals surface area contributed by atoms with E-state index < -0.39 is 10.0 Å². The number of hydrogen-bond donors (Lipinski definition) is 2. The van der Waals surface area contributed by atoms with Crippen LogP contribution in [0.2, 0.25) is 5.02 Å². The number of benzene rings is 2. The molecule has 2 aromatic carbocycles. The summed E-state index contributed by atoms with van der Waals surface area (Å²) in [4.78, 5) is 2.23. The Kier molecular flexibility index (Phi) is 4.50. The number of phenolic OH excluding ortho intramolecular Hbond substituents is 1. The second-order valence-electron chi connectivity index (χ2n) is 4.27. The maximum atomic E-state index is 12.0. The van der Waals surface area contributed by atoms with Crippen molar-refractivity contribution >= 4 is 27.3 Å². The summed E-state index contributed by atoms with van der Waals surface area (Å²) >= 11 is 5.84. The van der Waals surface area contributed by atoms with E-state index in [1.165, 1.54) is 30.3 Å². The monoisotopic (exact) mass is 324 g/mol. The maximum Gasteiger partial charge on any atom is 0.276 e. The molecule has 2 rings (SSSR count). The molecular weight excluding hydrogens is 312 g/mol. The van der Waals surface area contributed by atoms with Crippen LogP contribution in [0.4, 0.5) is 0 Å². The van der Waals surface area contributed by atoms with Gasteiger partial charge in [-0.15, -0.1) is 0 Å². The van der Waals surface area contributed by atoms with Crippen LogP contribution in [0.25, 0.3) is 0 Å². The number of sulfonamides is 1. The molecule has 0 saturated heterocycles. The van der Waals surface area contributed by atoms with Crippen molar-refractivity contribution in [2.24, 2.45) is 5.10 Å². The lowest BCUT2D eigenvalue weighted by Gasteiger charge is -2.07. The summed E-state index contributed by atoms with van der Waals surface area (Å²) in [6.45, 7) is 1.57. The zero-order chi connectivity index (χ0) is 15.5.